The van der Waals surface area contributed by atoms with Gasteiger partial charge in [-0.3, -0.25) is 0 Å². The lowest BCUT2D eigenvalue weighted by atomic mass is 10.0. The summed E-state index contributed by atoms with van der Waals surface area (Å²) >= 11 is 0. The number of aromatic nitrogens is 2. The Morgan fingerprint density at radius 1 is 1.54 bits per heavy atom. The molecule has 2 N–H and O–H groups in total. The molecule has 1 aliphatic rings. The molecular formula is C9H15N3O. The topological polar surface area (TPSA) is 49.9 Å². The highest BCUT2D eigenvalue weighted by atomic mass is 16.5. The molecule has 0 bridgehead atoms. The van der Waals surface area contributed by atoms with Crippen molar-refractivity contribution in [2.24, 2.45) is 5.92 Å². The normalized spacial score (nSPS) is 18.8. The van der Waals surface area contributed by atoms with Crippen LogP contribution < -0.4 is 5.32 Å². The van der Waals surface area contributed by atoms with Gasteiger partial charge in [0.1, 0.15) is 5.82 Å². The van der Waals surface area contributed by atoms with E-state index in [1.54, 1.807) is 12.5 Å². The van der Waals surface area contributed by atoms with Gasteiger partial charge in [0.05, 0.1) is 12.5 Å². The summed E-state index contributed by atoms with van der Waals surface area (Å²) in [5, 5.41) is 3.32. The van der Waals surface area contributed by atoms with Gasteiger partial charge in [-0.1, -0.05) is 0 Å². The van der Waals surface area contributed by atoms with Crippen LogP contribution in [0, 0.1) is 5.92 Å². The number of hydrogen-bond donors (Lipinski definition) is 2. The van der Waals surface area contributed by atoms with E-state index in [9.17, 15) is 0 Å². The third kappa shape index (κ3) is 2.45. The first-order chi connectivity index (χ1) is 6.45. The number of aromatic amines is 1. The molecule has 0 aliphatic carbocycles. The van der Waals surface area contributed by atoms with Crippen molar-refractivity contribution in [2.75, 3.05) is 25.1 Å². The van der Waals surface area contributed by atoms with Crippen molar-refractivity contribution in [1.82, 2.24) is 9.97 Å². The molecule has 72 valence electrons. The molecule has 1 fully saturated rings. The molecule has 1 aromatic heterocycles. The number of H-pyrrole nitrogens is 1. The Bertz CT molecular complexity index is 229. The SMILES string of the molecule is c1ncc(NCC2CCOCC2)[nH]1. The number of nitrogens with one attached hydrogen (secondary N) is 2. The molecule has 4 heteroatoms. The lowest BCUT2D eigenvalue weighted by Gasteiger charge is -2.22. The Hall–Kier alpha value is -1.03. The molecule has 4 nitrogen and oxygen atoms in total. The number of anilines is 1. The van der Waals surface area contributed by atoms with Crippen LogP contribution in [0.1, 0.15) is 12.8 Å². The van der Waals surface area contributed by atoms with Crippen LogP contribution >= 0.6 is 0 Å². The van der Waals surface area contributed by atoms with E-state index < -0.39 is 0 Å². The molecule has 1 aromatic rings. The average Bonchev–Trinajstić information content (AvgIpc) is 2.69. The van der Waals surface area contributed by atoms with Gasteiger partial charge in [-0.2, -0.15) is 0 Å². The summed E-state index contributed by atoms with van der Waals surface area (Å²) in [6, 6.07) is 0. The van der Waals surface area contributed by atoms with Crippen molar-refractivity contribution < 1.29 is 4.74 Å². The van der Waals surface area contributed by atoms with Crippen molar-refractivity contribution in [3.8, 4) is 0 Å². The minimum atomic E-state index is 0.747. The molecule has 2 rings (SSSR count). The highest BCUT2D eigenvalue weighted by Gasteiger charge is 2.13. The second-order valence-electron chi connectivity index (χ2n) is 3.40. The molecule has 0 radical (unpaired) electrons. The largest absolute Gasteiger partial charge is 0.381 e. The van der Waals surface area contributed by atoms with E-state index >= 15 is 0 Å². The van der Waals surface area contributed by atoms with Gasteiger partial charge in [0.2, 0.25) is 0 Å². The molecule has 1 aliphatic heterocycles. The van der Waals surface area contributed by atoms with Crippen LogP contribution in [0.3, 0.4) is 0 Å². The van der Waals surface area contributed by atoms with Crippen molar-refractivity contribution in [3.05, 3.63) is 12.5 Å². The zero-order chi connectivity index (χ0) is 8.93. The number of nitrogens with zero attached hydrogens (tertiary/aromatic N) is 1. The molecule has 0 amide bonds. The summed E-state index contributed by atoms with van der Waals surface area (Å²) in [5.74, 6) is 1.75. The molecule has 0 unspecified atom stereocenters. The van der Waals surface area contributed by atoms with Gasteiger partial charge >= 0.3 is 0 Å². The minimum Gasteiger partial charge on any atom is -0.381 e. The third-order valence-corrected chi connectivity index (χ3v) is 2.42. The number of ether oxygens (including phenoxy) is 1. The maximum absolute atomic E-state index is 5.29. The predicted molar refractivity (Wildman–Crippen MR) is 50.6 cm³/mol. The Morgan fingerprint density at radius 2 is 2.38 bits per heavy atom. The van der Waals surface area contributed by atoms with E-state index in [2.05, 4.69) is 15.3 Å². The van der Waals surface area contributed by atoms with E-state index in [0.717, 1.165) is 31.5 Å². The van der Waals surface area contributed by atoms with Gasteiger partial charge in [0.15, 0.2) is 0 Å². The zero-order valence-electron chi connectivity index (χ0n) is 7.62. The monoisotopic (exact) mass is 181 g/mol. The van der Waals surface area contributed by atoms with Crippen molar-refractivity contribution in [3.63, 3.8) is 0 Å². The Balaban J connectivity index is 1.72. The van der Waals surface area contributed by atoms with Gasteiger partial charge in [0, 0.05) is 19.8 Å². The third-order valence-electron chi connectivity index (χ3n) is 2.42. The van der Waals surface area contributed by atoms with Gasteiger partial charge in [-0.15, -0.1) is 0 Å². The standard InChI is InChI=1S/C9H15N3O/c1-3-13-4-2-8(1)5-11-9-6-10-7-12-9/h6-8,11H,1-5H2,(H,10,12). The fourth-order valence-corrected chi connectivity index (χ4v) is 1.56. The maximum Gasteiger partial charge on any atom is 0.123 e. The molecule has 13 heavy (non-hydrogen) atoms. The minimum absolute atomic E-state index is 0.747. The van der Waals surface area contributed by atoms with E-state index in [1.807, 2.05) is 0 Å². The number of imidazole rings is 1. The van der Waals surface area contributed by atoms with E-state index in [1.165, 1.54) is 12.8 Å². The highest BCUT2D eigenvalue weighted by molar-refractivity contribution is 5.30. The van der Waals surface area contributed by atoms with Crippen LogP contribution in [0.2, 0.25) is 0 Å². The molecular weight excluding hydrogens is 166 g/mol. The lowest BCUT2D eigenvalue weighted by Crippen LogP contribution is -2.22. The predicted octanol–water partition coefficient (Wildman–Crippen LogP) is 1.25. The van der Waals surface area contributed by atoms with Crippen LogP contribution in [0.4, 0.5) is 5.82 Å². The molecule has 0 aromatic carbocycles. The highest BCUT2D eigenvalue weighted by Crippen LogP contribution is 2.14. The quantitative estimate of drug-likeness (QED) is 0.737. The molecule has 2 heterocycles. The lowest BCUT2D eigenvalue weighted by molar-refractivity contribution is 0.0699. The molecule has 0 spiro atoms. The van der Waals surface area contributed by atoms with Crippen molar-refractivity contribution >= 4 is 5.82 Å². The summed E-state index contributed by atoms with van der Waals surface area (Å²) in [4.78, 5) is 6.97. The molecule has 0 saturated carbocycles. The average molecular weight is 181 g/mol. The number of hydrogen-bond acceptors (Lipinski definition) is 3. The van der Waals surface area contributed by atoms with Crippen LogP contribution in [0.5, 0.6) is 0 Å². The Morgan fingerprint density at radius 3 is 3.08 bits per heavy atom. The van der Waals surface area contributed by atoms with Crippen LogP contribution in [0.25, 0.3) is 0 Å². The molecule has 0 atom stereocenters. The van der Waals surface area contributed by atoms with Crippen LogP contribution in [0.15, 0.2) is 12.5 Å². The van der Waals surface area contributed by atoms with E-state index in [4.69, 9.17) is 4.74 Å². The van der Waals surface area contributed by atoms with Crippen molar-refractivity contribution in [1.29, 1.82) is 0 Å². The summed E-state index contributed by atoms with van der Waals surface area (Å²) in [7, 11) is 0. The first kappa shape index (κ1) is 8.56. The number of rotatable bonds is 3. The summed E-state index contributed by atoms with van der Waals surface area (Å²) in [5.41, 5.74) is 0. The maximum atomic E-state index is 5.29. The van der Waals surface area contributed by atoms with Crippen molar-refractivity contribution in [2.45, 2.75) is 12.8 Å². The Kier molecular flexibility index (Phi) is 2.82. The summed E-state index contributed by atoms with van der Waals surface area (Å²) in [6.45, 7) is 2.84. The second kappa shape index (κ2) is 4.28. The zero-order valence-corrected chi connectivity index (χ0v) is 7.62. The van der Waals surface area contributed by atoms with Gasteiger partial charge in [-0.05, 0) is 18.8 Å². The first-order valence-corrected chi connectivity index (χ1v) is 4.75. The van der Waals surface area contributed by atoms with Crippen LogP contribution in [-0.2, 0) is 4.74 Å². The Labute approximate surface area is 77.7 Å². The second-order valence-corrected chi connectivity index (χ2v) is 3.40. The van der Waals surface area contributed by atoms with Gasteiger partial charge in [0.25, 0.3) is 0 Å². The molecule has 1 saturated heterocycles. The summed E-state index contributed by atoms with van der Waals surface area (Å²) in [6.07, 6.45) is 5.83. The fourth-order valence-electron chi connectivity index (χ4n) is 1.56. The summed E-state index contributed by atoms with van der Waals surface area (Å²) < 4.78 is 5.29. The van der Waals surface area contributed by atoms with E-state index in [-0.39, 0.29) is 0 Å². The smallest absolute Gasteiger partial charge is 0.123 e. The van der Waals surface area contributed by atoms with Gasteiger partial charge < -0.3 is 15.0 Å². The first-order valence-electron chi connectivity index (χ1n) is 4.75. The van der Waals surface area contributed by atoms with Crippen LogP contribution in [-0.4, -0.2) is 29.7 Å². The van der Waals surface area contributed by atoms with E-state index in [0.29, 0.717) is 0 Å². The van der Waals surface area contributed by atoms with Gasteiger partial charge in [-0.25, -0.2) is 4.98 Å². The fraction of sp³-hybridized carbons (Fsp3) is 0.667.